The lowest BCUT2D eigenvalue weighted by atomic mass is 9.95. The summed E-state index contributed by atoms with van der Waals surface area (Å²) in [4.78, 5) is 26.5. The van der Waals surface area contributed by atoms with Crippen molar-refractivity contribution in [1.29, 1.82) is 0 Å². The van der Waals surface area contributed by atoms with Crippen LogP contribution in [0.15, 0.2) is 41.1 Å². The van der Waals surface area contributed by atoms with Gasteiger partial charge in [-0.2, -0.15) is 0 Å². The third-order valence-corrected chi connectivity index (χ3v) is 5.72. The summed E-state index contributed by atoms with van der Waals surface area (Å²) in [5, 5.41) is 4.66. The van der Waals surface area contributed by atoms with Crippen LogP contribution in [0.2, 0.25) is 5.02 Å². The Hall–Kier alpha value is -2.93. The molecule has 0 saturated carbocycles. The van der Waals surface area contributed by atoms with E-state index in [9.17, 15) is 4.79 Å². The zero-order valence-electron chi connectivity index (χ0n) is 18.0. The third-order valence-electron chi connectivity index (χ3n) is 5.48. The van der Waals surface area contributed by atoms with Crippen LogP contribution in [0.25, 0.3) is 11.3 Å². The third kappa shape index (κ3) is 4.71. The molecule has 0 N–H and O–H groups in total. The van der Waals surface area contributed by atoms with Gasteiger partial charge >= 0.3 is 0 Å². The fraction of sp³-hybridized carbons (Fsp3) is 0.391. The number of aromatic nitrogens is 3. The number of amides is 1. The van der Waals surface area contributed by atoms with E-state index in [-0.39, 0.29) is 11.9 Å². The van der Waals surface area contributed by atoms with Crippen LogP contribution >= 0.6 is 11.6 Å². The number of carbonyl (C=O) groups is 1. The molecule has 4 rings (SSSR count). The van der Waals surface area contributed by atoms with Crippen LogP contribution in [-0.2, 0) is 11.2 Å². The molecule has 0 aliphatic carbocycles. The highest BCUT2D eigenvalue weighted by Gasteiger charge is 2.32. The first-order chi connectivity index (χ1) is 14.9. The standard InChI is InChI=1S/C23H26ClN5O2/c1-15-11-20(31-27-15)18-14-25-23(28(2)3)26-22(18)19-9-4-5-10-29(19)21(30)13-16-7-6-8-17(24)12-16/h6-8,11-12,14,19H,4-5,9-10,13H2,1-3H3/t19-/m1/s1. The number of piperidine rings is 1. The Bertz CT molecular complexity index is 1080. The smallest absolute Gasteiger partial charge is 0.227 e. The summed E-state index contributed by atoms with van der Waals surface area (Å²) in [6, 6.07) is 9.18. The zero-order chi connectivity index (χ0) is 22.0. The second-order valence-corrected chi connectivity index (χ2v) is 8.54. The Labute approximate surface area is 187 Å². The number of anilines is 1. The number of carbonyl (C=O) groups excluding carboxylic acids is 1. The van der Waals surface area contributed by atoms with Crippen LogP contribution in [0.3, 0.4) is 0 Å². The second kappa shape index (κ2) is 9.06. The van der Waals surface area contributed by atoms with Crippen molar-refractivity contribution in [2.24, 2.45) is 0 Å². The minimum Gasteiger partial charge on any atom is -0.356 e. The molecule has 1 aliphatic heterocycles. The number of hydrogen-bond donors (Lipinski definition) is 0. The normalized spacial score (nSPS) is 16.4. The Morgan fingerprint density at radius 2 is 2.13 bits per heavy atom. The summed E-state index contributed by atoms with van der Waals surface area (Å²) in [6.07, 6.45) is 4.92. The van der Waals surface area contributed by atoms with E-state index in [0.29, 0.717) is 29.7 Å². The van der Waals surface area contributed by atoms with Gasteiger partial charge in [0.1, 0.15) is 0 Å². The number of benzene rings is 1. The van der Waals surface area contributed by atoms with Gasteiger partial charge in [-0.25, -0.2) is 9.97 Å². The molecule has 31 heavy (non-hydrogen) atoms. The van der Waals surface area contributed by atoms with Crippen molar-refractivity contribution >= 4 is 23.5 Å². The van der Waals surface area contributed by atoms with Crippen LogP contribution in [-0.4, -0.2) is 46.6 Å². The van der Waals surface area contributed by atoms with Crippen molar-refractivity contribution in [2.75, 3.05) is 25.5 Å². The lowest BCUT2D eigenvalue weighted by Crippen LogP contribution is -2.40. The molecule has 0 bridgehead atoms. The molecule has 1 aromatic carbocycles. The summed E-state index contributed by atoms with van der Waals surface area (Å²) in [5.74, 6) is 1.28. The number of likely N-dealkylation sites (tertiary alicyclic amines) is 1. The molecule has 0 radical (unpaired) electrons. The minimum atomic E-state index is -0.150. The highest BCUT2D eigenvalue weighted by molar-refractivity contribution is 6.30. The molecule has 8 heteroatoms. The van der Waals surface area contributed by atoms with Gasteiger partial charge in [0, 0.05) is 37.9 Å². The summed E-state index contributed by atoms with van der Waals surface area (Å²) in [5.41, 5.74) is 3.27. The predicted octanol–water partition coefficient (Wildman–Crippen LogP) is 4.46. The molecule has 2 aromatic heterocycles. The van der Waals surface area contributed by atoms with Crippen molar-refractivity contribution in [3.63, 3.8) is 0 Å². The van der Waals surface area contributed by atoms with Gasteiger partial charge in [0.2, 0.25) is 11.9 Å². The van der Waals surface area contributed by atoms with E-state index in [4.69, 9.17) is 21.1 Å². The highest BCUT2D eigenvalue weighted by atomic mass is 35.5. The van der Waals surface area contributed by atoms with Crippen LogP contribution in [0.5, 0.6) is 0 Å². The van der Waals surface area contributed by atoms with E-state index in [1.165, 1.54) is 0 Å². The van der Waals surface area contributed by atoms with Crippen LogP contribution in [0.4, 0.5) is 5.95 Å². The van der Waals surface area contributed by atoms with E-state index < -0.39 is 0 Å². The molecule has 7 nitrogen and oxygen atoms in total. The lowest BCUT2D eigenvalue weighted by Gasteiger charge is -2.36. The average Bonchev–Trinajstić information content (AvgIpc) is 3.19. The topological polar surface area (TPSA) is 75.4 Å². The molecular weight excluding hydrogens is 414 g/mol. The van der Waals surface area contributed by atoms with Crippen molar-refractivity contribution in [2.45, 2.75) is 38.6 Å². The molecule has 1 atom stereocenters. The number of nitrogens with zero attached hydrogens (tertiary/aromatic N) is 5. The first-order valence-electron chi connectivity index (χ1n) is 10.4. The number of hydrogen-bond acceptors (Lipinski definition) is 6. The van der Waals surface area contributed by atoms with E-state index in [0.717, 1.165) is 41.8 Å². The largest absolute Gasteiger partial charge is 0.356 e. The Kier molecular flexibility index (Phi) is 6.23. The molecule has 0 spiro atoms. The van der Waals surface area contributed by atoms with Crippen molar-refractivity contribution in [1.82, 2.24) is 20.0 Å². The van der Waals surface area contributed by atoms with Gasteiger partial charge < -0.3 is 14.3 Å². The highest BCUT2D eigenvalue weighted by Crippen LogP contribution is 2.37. The maximum atomic E-state index is 13.3. The fourth-order valence-electron chi connectivity index (χ4n) is 3.97. The average molecular weight is 440 g/mol. The van der Waals surface area contributed by atoms with Crippen molar-refractivity contribution in [3.8, 4) is 11.3 Å². The van der Waals surface area contributed by atoms with Crippen LogP contribution < -0.4 is 4.90 Å². The van der Waals surface area contributed by atoms with Gasteiger partial charge in [-0.1, -0.05) is 28.9 Å². The summed E-state index contributed by atoms with van der Waals surface area (Å²) >= 11 is 6.11. The molecule has 0 unspecified atom stereocenters. The van der Waals surface area contributed by atoms with E-state index >= 15 is 0 Å². The maximum Gasteiger partial charge on any atom is 0.227 e. The van der Waals surface area contributed by atoms with Crippen molar-refractivity contribution < 1.29 is 9.32 Å². The monoisotopic (exact) mass is 439 g/mol. The summed E-state index contributed by atoms with van der Waals surface area (Å²) < 4.78 is 5.53. The molecule has 1 aliphatic rings. The minimum absolute atomic E-state index is 0.0664. The fourth-order valence-corrected chi connectivity index (χ4v) is 4.19. The first kappa shape index (κ1) is 21.3. The molecule has 1 saturated heterocycles. The second-order valence-electron chi connectivity index (χ2n) is 8.10. The Morgan fingerprint density at radius 3 is 2.84 bits per heavy atom. The molecule has 162 valence electrons. The van der Waals surface area contributed by atoms with Gasteiger partial charge in [0.25, 0.3) is 0 Å². The van der Waals surface area contributed by atoms with Gasteiger partial charge in [0.05, 0.1) is 29.4 Å². The zero-order valence-corrected chi connectivity index (χ0v) is 18.8. The molecule has 1 amide bonds. The van der Waals surface area contributed by atoms with E-state index in [1.54, 1.807) is 6.20 Å². The summed E-state index contributed by atoms with van der Waals surface area (Å²) in [7, 11) is 3.81. The molecular formula is C23H26ClN5O2. The molecule has 1 fully saturated rings. The molecule has 3 heterocycles. The summed E-state index contributed by atoms with van der Waals surface area (Å²) in [6.45, 7) is 2.57. The van der Waals surface area contributed by atoms with Crippen LogP contribution in [0.1, 0.15) is 42.3 Å². The van der Waals surface area contributed by atoms with Gasteiger partial charge in [0.15, 0.2) is 5.76 Å². The SMILES string of the molecule is Cc1cc(-c2cnc(N(C)C)nc2[C@H]2CCCCN2C(=O)Cc2cccc(Cl)c2)on1. The maximum absolute atomic E-state index is 13.3. The number of rotatable bonds is 5. The van der Waals surface area contributed by atoms with E-state index in [1.807, 2.05) is 61.2 Å². The molecule has 3 aromatic rings. The van der Waals surface area contributed by atoms with Gasteiger partial charge in [-0.3, -0.25) is 4.79 Å². The van der Waals surface area contributed by atoms with E-state index in [2.05, 4.69) is 10.1 Å². The Balaban J connectivity index is 1.71. The Morgan fingerprint density at radius 1 is 1.29 bits per heavy atom. The van der Waals surface area contributed by atoms with Gasteiger partial charge in [-0.15, -0.1) is 0 Å². The van der Waals surface area contributed by atoms with Gasteiger partial charge in [-0.05, 0) is 43.9 Å². The first-order valence-corrected chi connectivity index (χ1v) is 10.8. The van der Waals surface area contributed by atoms with Crippen molar-refractivity contribution in [3.05, 3.63) is 58.5 Å². The predicted molar refractivity (Wildman–Crippen MR) is 120 cm³/mol. The number of halogens is 1. The number of aryl methyl sites for hydroxylation is 1. The quantitative estimate of drug-likeness (QED) is 0.584. The lowest BCUT2D eigenvalue weighted by molar-refractivity contribution is -0.134. The van der Waals surface area contributed by atoms with Crippen LogP contribution in [0, 0.1) is 6.92 Å².